The van der Waals surface area contributed by atoms with E-state index < -0.39 is 41.0 Å². The number of carbonyl (C=O) groups is 3. The minimum absolute atomic E-state index is 0.226. The highest BCUT2D eigenvalue weighted by Crippen LogP contribution is 2.26. The number of amides is 2. The summed E-state index contributed by atoms with van der Waals surface area (Å²) in [6, 6.07) is 12.5. The van der Waals surface area contributed by atoms with Gasteiger partial charge in [-0.05, 0) is 47.2 Å². The Balaban J connectivity index is 1.45. The van der Waals surface area contributed by atoms with E-state index in [1.807, 2.05) is 0 Å². The number of sulfonamides is 1. The number of esters is 1. The molecule has 0 aliphatic heterocycles. The van der Waals surface area contributed by atoms with Crippen LogP contribution >= 0.6 is 22.7 Å². The van der Waals surface area contributed by atoms with E-state index in [0.29, 0.717) is 16.3 Å². The highest BCUT2D eigenvalue weighted by Gasteiger charge is 2.22. The molecule has 0 unspecified atom stereocenters. The molecule has 0 bridgehead atoms. The highest BCUT2D eigenvalue weighted by atomic mass is 32.2. The molecule has 9 nitrogen and oxygen atoms in total. The zero-order valence-corrected chi connectivity index (χ0v) is 19.2. The molecule has 0 radical (unpaired) electrons. The van der Waals surface area contributed by atoms with Gasteiger partial charge in [-0.1, -0.05) is 12.1 Å². The molecule has 0 saturated carbocycles. The lowest BCUT2D eigenvalue weighted by atomic mass is 10.3. The highest BCUT2D eigenvalue weighted by molar-refractivity contribution is 7.94. The van der Waals surface area contributed by atoms with Gasteiger partial charge in [0, 0.05) is 7.05 Å². The van der Waals surface area contributed by atoms with Gasteiger partial charge in [-0.3, -0.25) is 19.2 Å². The summed E-state index contributed by atoms with van der Waals surface area (Å²) in [5.74, 6) is -1.81. The van der Waals surface area contributed by atoms with Crippen LogP contribution in [0.2, 0.25) is 0 Å². The number of nitrogens with zero attached hydrogens (tertiary/aromatic N) is 1. The van der Waals surface area contributed by atoms with Gasteiger partial charge in [0.25, 0.3) is 21.8 Å². The second-order valence-electron chi connectivity index (χ2n) is 6.20. The maximum atomic E-state index is 12.5. The molecular formula is C20H18N2O7S3. The molecule has 0 aliphatic rings. The monoisotopic (exact) mass is 494 g/mol. The molecule has 1 aromatic carbocycles. The Labute approximate surface area is 192 Å². The van der Waals surface area contributed by atoms with E-state index in [2.05, 4.69) is 5.32 Å². The molecule has 2 aromatic heterocycles. The Morgan fingerprint density at radius 1 is 0.969 bits per heavy atom. The Hall–Kier alpha value is -3.22. The van der Waals surface area contributed by atoms with Crippen LogP contribution in [0.1, 0.15) is 9.67 Å². The Bertz CT molecular complexity index is 1170. The molecule has 2 heterocycles. The summed E-state index contributed by atoms with van der Waals surface area (Å²) >= 11 is 2.30. The maximum absolute atomic E-state index is 12.5. The summed E-state index contributed by atoms with van der Waals surface area (Å²) in [6.45, 7) is -1.08. The standard InChI is InChI=1S/C20H18N2O7S3/c1-22(32(26,27)19-5-3-11-31-19)14-6-8-15(9-7-14)28-13-18(24)29-12-17(23)21-20(25)16-4-2-10-30-16/h2-11H,12-13H2,1H3,(H,21,23,25). The van der Waals surface area contributed by atoms with Gasteiger partial charge in [-0.25, -0.2) is 13.2 Å². The van der Waals surface area contributed by atoms with Gasteiger partial charge < -0.3 is 9.47 Å². The van der Waals surface area contributed by atoms with Crippen LogP contribution in [0.3, 0.4) is 0 Å². The number of thiophene rings is 2. The van der Waals surface area contributed by atoms with E-state index in [9.17, 15) is 22.8 Å². The van der Waals surface area contributed by atoms with Crippen molar-refractivity contribution in [2.45, 2.75) is 4.21 Å². The van der Waals surface area contributed by atoms with Gasteiger partial charge in [0.15, 0.2) is 13.2 Å². The lowest BCUT2D eigenvalue weighted by Gasteiger charge is -2.18. The van der Waals surface area contributed by atoms with Gasteiger partial charge in [0.1, 0.15) is 9.96 Å². The summed E-state index contributed by atoms with van der Waals surface area (Å²) in [6.07, 6.45) is 0. The van der Waals surface area contributed by atoms with Crippen LogP contribution in [-0.2, 0) is 24.3 Å². The molecule has 1 N–H and O–H groups in total. The number of nitrogens with one attached hydrogen (secondary N) is 1. The van der Waals surface area contributed by atoms with Gasteiger partial charge in [-0.15, -0.1) is 22.7 Å². The Morgan fingerprint density at radius 3 is 2.28 bits per heavy atom. The van der Waals surface area contributed by atoms with Crippen LogP contribution in [-0.4, -0.2) is 46.5 Å². The van der Waals surface area contributed by atoms with Crippen molar-refractivity contribution in [3.05, 3.63) is 64.2 Å². The molecule has 2 amide bonds. The number of imide groups is 1. The number of hydrogen-bond donors (Lipinski definition) is 1. The number of hydrogen-bond acceptors (Lipinski definition) is 9. The summed E-state index contributed by atoms with van der Waals surface area (Å²) in [5.41, 5.74) is 0.417. The number of ether oxygens (including phenoxy) is 2. The van der Waals surface area contributed by atoms with Gasteiger partial charge in [0.2, 0.25) is 0 Å². The van der Waals surface area contributed by atoms with Gasteiger partial charge >= 0.3 is 5.97 Å². The van der Waals surface area contributed by atoms with Crippen molar-refractivity contribution in [2.75, 3.05) is 24.6 Å². The SMILES string of the molecule is CN(c1ccc(OCC(=O)OCC(=O)NC(=O)c2cccs2)cc1)S(=O)(=O)c1cccs1. The topological polar surface area (TPSA) is 119 Å². The fraction of sp³-hybridized carbons (Fsp3) is 0.150. The fourth-order valence-corrected chi connectivity index (χ4v) is 5.37. The number of anilines is 1. The van der Waals surface area contributed by atoms with E-state index in [1.165, 1.54) is 48.7 Å². The summed E-state index contributed by atoms with van der Waals surface area (Å²) in [4.78, 5) is 35.6. The second-order valence-corrected chi connectivity index (χ2v) is 10.3. The molecule has 0 fully saturated rings. The predicted octanol–water partition coefficient (Wildman–Crippen LogP) is 2.51. The van der Waals surface area contributed by atoms with Crippen LogP contribution in [0.15, 0.2) is 63.5 Å². The second kappa shape index (κ2) is 10.4. The van der Waals surface area contributed by atoms with Crippen LogP contribution in [0.4, 0.5) is 5.69 Å². The van der Waals surface area contributed by atoms with E-state index >= 15 is 0 Å². The van der Waals surface area contributed by atoms with E-state index in [0.717, 1.165) is 15.6 Å². The fourth-order valence-electron chi connectivity index (χ4n) is 2.40. The number of rotatable bonds is 9. The van der Waals surface area contributed by atoms with Crippen molar-refractivity contribution in [1.29, 1.82) is 0 Å². The van der Waals surface area contributed by atoms with Crippen LogP contribution in [0.5, 0.6) is 5.75 Å². The zero-order valence-electron chi connectivity index (χ0n) is 16.7. The first-order valence-corrected chi connectivity index (χ1v) is 12.3. The van der Waals surface area contributed by atoms with E-state index in [-0.39, 0.29) is 4.21 Å². The van der Waals surface area contributed by atoms with Crippen LogP contribution in [0.25, 0.3) is 0 Å². The third-order valence-corrected chi connectivity index (χ3v) is 8.06. The predicted molar refractivity (Wildman–Crippen MR) is 120 cm³/mol. The molecule has 12 heteroatoms. The van der Waals surface area contributed by atoms with Gasteiger partial charge in [0.05, 0.1) is 10.6 Å². The van der Waals surface area contributed by atoms with Crippen molar-refractivity contribution in [1.82, 2.24) is 5.32 Å². The molecule has 32 heavy (non-hydrogen) atoms. The lowest BCUT2D eigenvalue weighted by Crippen LogP contribution is -2.34. The maximum Gasteiger partial charge on any atom is 0.344 e. The van der Waals surface area contributed by atoms with E-state index in [4.69, 9.17) is 9.47 Å². The van der Waals surface area contributed by atoms with Crippen molar-refractivity contribution in [3.8, 4) is 5.75 Å². The molecule has 0 spiro atoms. The van der Waals surface area contributed by atoms with Crippen molar-refractivity contribution in [3.63, 3.8) is 0 Å². The first-order chi connectivity index (χ1) is 15.3. The normalized spacial score (nSPS) is 10.9. The summed E-state index contributed by atoms with van der Waals surface area (Å²) < 4.78 is 36.5. The van der Waals surface area contributed by atoms with Gasteiger partial charge in [-0.2, -0.15) is 0 Å². The largest absolute Gasteiger partial charge is 0.482 e. The molecule has 0 aliphatic carbocycles. The van der Waals surface area contributed by atoms with Crippen molar-refractivity contribution < 1.29 is 32.3 Å². The average molecular weight is 495 g/mol. The minimum Gasteiger partial charge on any atom is -0.482 e. The van der Waals surface area contributed by atoms with Crippen molar-refractivity contribution >= 4 is 56.2 Å². The third kappa shape index (κ3) is 5.93. The van der Waals surface area contributed by atoms with Crippen molar-refractivity contribution in [2.24, 2.45) is 0 Å². The van der Waals surface area contributed by atoms with Crippen LogP contribution in [0, 0.1) is 0 Å². The molecule has 0 saturated heterocycles. The minimum atomic E-state index is -3.65. The molecule has 3 aromatic rings. The summed E-state index contributed by atoms with van der Waals surface area (Å²) in [7, 11) is -2.21. The molecule has 3 rings (SSSR count). The smallest absolute Gasteiger partial charge is 0.344 e. The quantitative estimate of drug-likeness (QED) is 0.454. The molecule has 168 valence electrons. The first-order valence-electron chi connectivity index (χ1n) is 9.06. The molecule has 0 atom stereocenters. The van der Waals surface area contributed by atoms with Crippen LogP contribution < -0.4 is 14.4 Å². The Kier molecular flexibility index (Phi) is 7.62. The van der Waals surface area contributed by atoms with E-state index in [1.54, 1.807) is 29.0 Å². The lowest BCUT2D eigenvalue weighted by molar-refractivity contribution is -0.150. The third-order valence-electron chi connectivity index (χ3n) is 4.03. The summed E-state index contributed by atoms with van der Waals surface area (Å²) in [5, 5.41) is 5.49. The zero-order chi connectivity index (χ0) is 23.1. The average Bonchev–Trinajstić information content (AvgIpc) is 3.50. The molecular weight excluding hydrogens is 476 g/mol. The number of benzene rings is 1. The Morgan fingerprint density at radius 2 is 1.66 bits per heavy atom. The first kappa shape index (κ1) is 23.4. The number of carbonyl (C=O) groups excluding carboxylic acids is 3.